The molecule has 0 unspecified atom stereocenters. The molecule has 0 saturated heterocycles. The van der Waals surface area contributed by atoms with Crippen molar-refractivity contribution in [2.75, 3.05) is 7.05 Å². The van der Waals surface area contributed by atoms with Crippen LogP contribution in [0.25, 0.3) is 0 Å². The molecule has 0 radical (unpaired) electrons. The minimum Gasteiger partial charge on any atom is -0.316 e. The number of benzene rings is 2. The van der Waals surface area contributed by atoms with Gasteiger partial charge in [0, 0.05) is 20.8 Å². The Bertz CT molecular complexity index is 624. The van der Waals surface area contributed by atoms with Crippen LogP contribution >= 0.6 is 27.7 Å². The van der Waals surface area contributed by atoms with E-state index in [1.54, 1.807) is 0 Å². The zero-order valence-electron chi connectivity index (χ0n) is 11.6. The Morgan fingerprint density at radius 2 is 1.95 bits per heavy atom. The Balaban J connectivity index is 1.80. The van der Waals surface area contributed by atoms with Gasteiger partial charge in [-0.05, 0) is 83.2 Å². The molecular formula is C17H18BrNS. The molecule has 2 aromatic rings. The highest BCUT2D eigenvalue weighted by Gasteiger charge is 2.12. The smallest absolute Gasteiger partial charge is 0.0318 e. The summed E-state index contributed by atoms with van der Waals surface area (Å²) in [5, 5.41) is 3.18. The van der Waals surface area contributed by atoms with Gasteiger partial charge in [0.05, 0.1) is 0 Å². The lowest BCUT2D eigenvalue weighted by molar-refractivity contribution is 0.816. The highest BCUT2D eigenvalue weighted by molar-refractivity contribution is 9.10. The third-order valence-corrected chi connectivity index (χ3v) is 5.66. The fourth-order valence-corrected chi connectivity index (χ4v) is 4.23. The summed E-state index contributed by atoms with van der Waals surface area (Å²) in [6.07, 6.45) is 3.81. The standard InChI is InChI=1S/C17H18BrNS/c1-19-11-12-5-8-17(16(18)9-12)20-15-7-6-13-3-2-4-14(13)10-15/h5-10,19H,2-4,11H2,1H3. The van der Waals surface area contributed by atoms with Gasteiger partial charge < -0.3 is 5.32 Å². The average Bonchev–Trinajstić information content (AvgIpc) is 2.90. The molecule has 1 nitrogen and oxygen atoms in total. The van der Waals surface area contributed by atoms with E-state index < -0.39 is 0 Å². The largest absolute Gasteiger partial charge is 0.316 e. The van der Waals surface area contributed by atoms with Crippen molar-refractivity contribution in [1.29, 1.82) is 0 Å². The van der Waals surface area contributed by atoms with Crippen LogP contribution in [0.1, 0.15) is 23.1 Å². The van der Waals surface area contributed by atoms with E-state index in [0.29, 0.717) is 0 Å². The molecule has 0 aromatic heterocycles. The zero-order valence-corrected chi connectivity index (χ0v) is 14.0. The molecule has 2 aromatic carbocycles. The van der Waals surface area contributed by atoms with Crippen LogP contribution in [0.5, 0.6) is 0 Å². The Morgan fingerprint density at radius 1 is 1.10 bits per heavy atom. The quantitative estimate of drug-likeness (QED) is 0.851. The van der Waals surface area contributed by atoms with E-state index in [4.69, 9.17) is 0 Å². The number of nitrogens with one attached hydrogen (secondary N) is 1. The summed E-state index contributed by atoms with van der Waals surface area (Å²) in [6.45, 7) is 0.905. The molecule has 0 fully saturated rings. The fraction of sp³-hybridized carbons (Fsp3) is 0.294. The van der Waals surface area contributed by atoms with E-state index in [1.165, 1.54) is 50.2 Å². The van der Waals surface area contributed by atoms with Gasteiger partial charge in [-0.25, -0.2) is 0 Å². The summed E-state index contributed by atoms with van der Waals surface area (Å²) in [7, 11) is 1.97. The Labute approximate surface area is 133 Å². The Hall–Kier alpha value is -0.770. The van der Waals surface area contributed by atoms with Crippen LogP contribution < -0.4 is 5.32 Å². The minimum absolute atomic E-state index is 0.905. The summed E-state index contributed by atoms with van der Waals surface area (Å²) >= 11 is 5.53. The monoisotopic (exact) mass is 347 g/mol. The summed E-state index contributed by atoms with van der Waals surface area (Å²) < 4.78 is 1.18. The maximum Gasteiger partial charge on any atom is 0.0318 e. The molecule has 1 aliphatic rings. The van der Waals surface area contributed by atoms with Crippen molar-refractivity contribution < 1.29 is 0 Å². The molecule has 3 heteroatoms. The predicted octanol–water partition coefficient (Wildman–Crippen LogP) is 4.81. The molecule has 3 rings (SSSR count). The normalized spacial score (nSPS) is 13.5. The first kappa shape index (κ1) is 14.2. The second-order valence-corrected chi connectivity index (χ2v) is 7.15. The van der Waals surface area contributed by atoms with Gasteiger partial charge in [0.1, 0.15) is 0 Å². The number of hydrogen-bond donors (Lipinski definition) is 1. The number of fused-ring (bicyclic) bond motifs is 1. The van der Waals surface area contributed by atoms with E-state index in [0.717, 1.165) is 6.54 Å². The summed E-state index contributed by atoms with van der Waals surface area (Å²) in [5.74, 6) is 0. The number of aryl methyl sites for hydroxylation is 2. The number of halogens is 1. The van der Waals surface area contributed by atoms with Gasteiger partial charge in [0.2, 0.25) is 0 Å². The van der Waals surface area contributed by atoms with Gasteiger partial charge in [0.15, 0.2) is 0 Å². The Kier molecular flexibility index (Phi) is 4.49. The molecule has 0 heterocycles. The summed E-state index contributed by atoms with van der Waals surface area (Å²) in [6, 6.07) is 13.5. The third kappa shape index (κ3) is 3.11. The first-order valence-electron chi connectivity index (χ1n) is 6.99. The van der Waals surface area contributed by atoms with Crippen LogP contribution in [-0.4, -0.2) is 7.05 Å². The van der Waals surface area contributed by atoms with Gasteiger partial charge in [-0.15, -0.1) is 0 Å². The predicted molar refractivity (Wildman–Crippen MR) is 89.5 cm³/mol. The molecular weight excluding hydrogens is 330 g/mol. The van der Waals surface area contributed by atoms with Crippen molar-refractivity contribution >= 4 is 27.7 Å². The van der Waals surface area contributed by atoms with E-state index in [1.807, 2.05) is 18.8 Å². The molecule has 0 atom stereocenters. The van der Waals surface area contributed by atoms with Crippen molar-refractivity contribution in [1.82, 2.24) is 5.32 Å². The van der Waals surface area contributed by atoms with Crippen LogP contribution in [0.2, 0.25) is 0 Å². The van der Waals surface area contributed by atoms with Crippen LogP contribution in [0, 0.1) is 0 Å². The first-order valence-corrected chi connectivity index (χ1v) is 8.60. The molecule has 1 N–H and O–H groups in total. The number of hydrogen-bond acceptors (Lipinski definition) is 2. The molecule has 104 valence electrons. The zero-order chi connectivity index (χ0) is 13.9. The van der Waals surface area contributed by atoms with E-state index in [2.05, 4.69) is 57.6 Å². The lowest BCUT2D eigenvalue weighted by Gasteiger charge is -2.08. The molecule has 1 aliphatic carbocycles. The van der Waals surface area contributed by atoms with Gasteiger partial charge in [0.25, 0.3) is 0 Å². The van der Waals surface area contributed by atoms with Crippen molar-refractivity contribution in [3.05, 3.63) is 57.6 Å². The van der Waals surface area contributed by atoms with Gasteiger partial charge in [-0.3, -0.25) is 0 Å². The highest BCUT2D eigenvalue weighted by atomic mass is 79.9. The SMILES string of the molecule is CNCc1ccc(Sc2ccc3c(c2)CCC3)c(Br)c1. The summed E-state index contributed by atoms with van der Waals surface area (Å²) in [4.78, 5) is 2.62. The summed E-state index contributed by atoms with van der Waals surface area (Å²) in [5.41, 5.74) is 4.38. The van der Waals surface area contributed by atoms with Crippen molar-refractivity contribution in [3.8, 4) is 0 Å². The van der Waals surface area contributed by atoms with Gasteiger partial charge in [-0.1, -0.05) is 23.9 Å². The van der Waals surface area contributed by atoms with Gasteiger partial charge >= 0.3 is 0 Å². The Morgan fingerprint density at radius 3 is 2.75 bits per heavy atom. The molecule has 0 bridgehead atoms. The molecule has 20 heavy (non-hydrogen) atoms. The van der Waals surface area contributed by atoms with E-state index >= 15 is 0 Å². The van der Waals surface area contributed by atoms with Crippen LogP contribution in [0.15, 0.2) is 50.7 Å². The maximum absolute atomic E-state index is 3.69. The van der Waals surface area contributed by atoms with Crippen molar-refractivity contribution in [2.24, 2.45) is 0 Å². The first-order chi connectivity index (χ1) is 9.76. The van der Waals surface area contributed by atoms with Crippen molar-refractivity contribution in [2.45, 2.75) is 35.6 Å². The highest BCUT2D eigenvalue weighted by Crippen LogP contribution is 2.36. The number of rotatable bonds is 4. The lowest BCUT2D eigenvalue weighted by atomic mass is 10.1. The molecule has 0 amide bonds. The van der Waals surface area contributed by atoms with E-state index in [-0.39, 0.29) is 0 Å². The molecule has 0 aliphatic heterocycles. The lowest BCUT2D eigenvalue weighted by Crippen LogP contribution is -2.04. The second kappa shape index (κ2) is 6.33. The fourth-order valence-electron chi connectivity index (χ4n) is 2.68. The average molecular weight is 348 g/mol. The minimum atomic E-state index is 0.905. The molecule has 0 saturated carbocycles. The third-order valence-electron chi connectivity index (χ3n) is 3.67. The second-order valence-electron chi connectivity index (χ2n) is 5.18. The van der Waals surface area contributed by atoms with Gasteiger partial charge in [-0.2, -0.15) is 0 Å². The van der Waals surface area contributed by atoms with Crippen LogP contribution in [0.4, 0.5) is 0 Å². The topological polar surface area (TPSA) is 12.0 Å². The van der Waals surface area contributed by atoms with Crippen LogP contribution in [0.3, 0.4) is 0 Å². The molecule has 0 spiro atoms. The van der Waals surface area contributed by atoms with Crippen LogP contribution in [-0.2, 0) is 19.4 Å². The van der Waals surface area contributed by atoms with E-state index in [9.17, 15) is 0 Å². The maximum atomic E-state index is 3.69. The van der Waals surface area contributed by atoms with Crippen molar-refractivity contribution in [3.63, 3.8) is 0 Å².